The number of hydrogen-bond acceptors (Lipinski definition) is 7. The zero-order chi connectivity index (χ0) is 23.6. The van der Waals surface area contributed by atoms with Crippen molar-refractivity contribution >= 4 is 27.0 Å². The molecule has 1 aliphatic rings. The summed E-state index contributed by atoms with van der Waals surface area (Å²) in [5.74, 6) is 0.121. The van der Waals surface area contributed by atoms with Crippen LogP contribution in [-0.2, 0) is 21.4 Å². The molecule has 1 saturated heterocycles. The highest BCUT2D eigenvalue weighted by Crippen LogP contribution is 2.31. The number of hydrogen-bond donors (Lipinski definition) is 0. The lowest BCUT2D eigenvalue weighted by molar-refractivity contribution is -0.132. The number of aryl methyl sites for hydroxylation is 1. The van der Waals surface area contributed by atoms with E-state index in [0.717, 1.165) is 0 Å². The molecule has 1 amide bonds. The Bertz CT molecular complexity index is 1320. The lowest BCUT2D eigenvalue weighted by atomic mass is 10.3. The van der Waals surface area contributed by atoms with Gasteiger partial charge in [-0.2, -0.15) is 4.31 Å². The number of carbonyl (C=O) groups excluding carboxylic acids is 1. The van der Waals surface area contributed by atoms with E-state index in [1.807, 2.05) is 0 Å². The molecule has 11 heteroatoms. The monoisotopic (exact) mass is 475 g/mol. The number of amides is 1. The number of fused-ring (bicyclic) bond motifs is 1. The SMILES string of the molecule is COc1ccc(S(=O)(=O)N2CCN(C(=O)CCn3c(=O)oc4ccccc43)CC2)cc1OC. The first kappa shape index (κ1) is 22.9. The first-order chi connectivity index (χ1) is 15.8. The molecule has 0 N–H and O–H groups in total. The van der Waals surface area contributed by atoms with Crippen molar-refractivity contribution < 1.29 is 27.1 Å². The van der Waals surface area contributed by atoms with Gasteiger partial charge in [-0.25, -0.2) is 13.2 Å². The number of ether oxygens (including phenoxy) is 2. The van der Waals surface area contributed by atoms with Gasteiger partial charge in [0.15, 0.2) is 17.1 Å². The largest absolute Gasteiger partial charge is 0.493 e. The third-order valence-corrected chi connectivity index (χ3v) is 7.60. The van der Waals surface area contributed by atoms with E-state index in [1.165, 1.54) is 35.2 Å². The van der Waals surface area contributed by atoms with Crippen LogP contribution in [0.2, 0.25) is 0 Å². The Balaban J connectivity index is 1.38. The minimum absolute atomic E-state index is 0.103. The van der Waals surface area contributed by atoms with E-state index in [9.17, 15) is 18.0 Å². The van der Waals surface area contributed by atoms with Crippen molar-refractivity contribution in [3.63, 3.8) is 0 Å². The number of oxazole rings is 1. The van der Waals surface area contributed by atoms with Gasteiger partial charge in [-0.3, -0.25) is 9.36 Å². The van der Waals surface area contributed by atoms with Gasteiger partial charge in [-0.15, -0.1) is 0 Å². The molecule has 0 saturated carbocycles. The van der Waals surface area contributed by atoms with E-state index < -0.39 is 15.8 Å². The van der Waals surface area contributed by atoms with Gasteiger partial charge in [-0.1, -0.05) is 12.1 Å². The summed E-state index contributed by atoms with van der Waals surface area (Å²) >= 11 is 0. The van der Waals surface area contributed by atoms with E-state index >= 15 is 0 Å². The van der Waals surface area contributed by atoms with Crippen molar-refractivity contribution in [1.82, 2.24) is 13.8 Å². The van der Waals surface area contributed by atoms with Crippen LogP contribution in [0.25, 0.3) is 11.1 Å². The third-order valence-electron chi connectivity index (χ3n) is 5.71. The molecule has 176 valence electrons. The number of aromatic nitrogens is 1. The fourth-order valence-electron chi connectivity index (χ4n) is 3.90. The highest BCUT2D eigenvalue weighted by atomic mass is 32.2. The second-order valence-corrected chi connectivity index (χ2v) is 9.48. The van der Waals surface area contributed by atoms with Crippen molar-refractivity contribution in [2.45, 2.75) is 17.9 Å². The number of para-hydroxylation sites is 2. The van der Waals surface area contributed by atoms with Gasteiger partial charge < -0.3 is 18.8 Å². The van der Waals surface area contributed by atoms with E-state index in [1.54, 1.807) is 35.2 Å². The first-order valence-electron chi connectivity index (χ1n) is 10.4. The molecule has 1 aliphatic heterocycles. The zero-order valence-electron chi connectivity index (χ0n) is 18.4. The lowest BCUT2D eigenvalue weighted by Gasteiger charge is -2.34. The van der Waals surface area contributed by atoms with Gasteiger partial charge >= 0.3 is 5.76 Å². The fourth-order valence-corrected chi connectivity index (χ4v) is 5.33. The number of benzene rings is 2. The van der Waals surface area contributed by atoms with Crippen LogP contribution < -0.4 is 15.2 Å². The molecule has 4 rings (SSSR count). The number of methoxy groups -OCH3 is 2. The van der Waals surface area contributed by atoms with Crippen LogP contribution in [0, 0.1) is 0 Å². The normalized spacial score (nSPS) is 15.0. The molecule has 0 atom stereocenters. The average Bonchev–Trinajstić information content (AvgIpc) is 3.16. The van der Waals surface area contributed by atoms with Crippen molar-refractivity contribution in [2.75, 3.05) is 40.4 Å². The summed E-state index contributed by atoms with van der Waals surface area (Å²) in [4.78, 5) is 26.5. The Morgan fingerprint density at radius 3 is 2.39 bits per heavy atom. The topological polar surface area (TPSA) is 111 Å². The van der Waals surface area contributed by atoms with Gasteiger partial charge in [0.05, 0.1) is 24.6 Å². The molecular weight excluding hydrogens is 450 g/mol. The molecule has 0 bridgehead atoms. The van der Waals surface area contributed by atoms with Gasteiger partial charge in [-0.05, 0) is 24.3 Å². The minimum Gasteiger partial charge on any atom is -0.493 e. The van der Waals surface area contributed by atoms with Crippen LogP contribution >= 0.6 is 0 Å². The van der Waals surface area contributed by atoms with Gasteiger partial charge in [0, 0.05) is 45.2 Å². The van der Waals surface area contributed by atoms with Crippen LogP contribution in [0.1, 0.15) is 6.42 Å². The predicted octanol–water partition coefficient (Wildman–Crippen LogP) is 1.53. The van der Waals surface area contributed by atoms with E-state index in [4.69, 9.17) is 13.9 Å². The molecule has 0 spiro atoms. The fraction of sp³-hybridized carbons (Fsp3) is 0.364. The molecule has 0 unspecified atom stereocenters. The molecule has 2 aromatic carbocycles. The smallest absolute Gasteiger partial charge is 0.419 e. The van der Waals surface area contributed by atoms with Crippen molar-refractivity contribution in [2.24, 2.45) is 0 Å². The van der Waals surface area contributed by atoms with E-state index in [-0.39, 0.29) is 49.9 Å². The van der Waals surface area contributed by atoms with Crippen LogP contribution in [0.15, 0.2) is 56.6 Å². The van der Waals surface area contributed by atoms with Crippen LogP contribution in [0.3, 0.4) is 0 Å². The first-order valence-corrected chi connectivity index (χ1v) is 11.9. The Hall–Kier alpha value is -3.31. The van der Waals surface area contributed by atoms with Crippen LogP contribution in [-0.4, -0.2) is 68.5 Å². The summed E-state index contributed by atoms with van der Waals surface area (Å²) in [6, 6.07) is 11.5. The predicted molar refractivity (Wildman–Crippen MR) is 120 cm³/mol. The minimum atomic E-state index is -3.74. The molecule has 10 nitrogen and oxygen atoms in total. The maximum Gasteiger partial charge on any atom is 0.419 e. The summed E-state index contributed by atoms with van der Waals surface area (Å²) in [6.45, 7) is 1.09. The molecule has 33 heavy (non-hydrogen) atoms. The second-order valence-electron chi connectivity index (χ2n) is 7.54. The molecular formula is C22H25N3O7S. The van der Waals surface area contributed by atoms with Crippen molar-refractivity contribution in [1.29, 1.82) is 0 Å². The maximum atomic E-state index is 13.1. The standard InChI is InChI=1S/C22H25N3O7S/c1-30-19-8-7-16(15-20(19)31-2)33(28,29)24-13-11-23(12-14-24)21(26)9-10-25-17-5-3-4-6-18(17)32-22(25)27/h3-8,15H,9-14H2,1-2H3. The number of rotatable bonds is 7. The molecule has 1 aromatic heterocycles. The molecule has 0 radical (unpaired) electrons. The van der Waals surface area contributed by atoms with Gasteiger partial charge in [0.1, 0.15) is 0 Å². The number of carbonyl (C=O) groups is 1. The number of sulfonamides is 1. The Morgan fingerprint density at radius 2 is 1.70 bits per heavy atom. The maximum absolute atomic E-state index is 13.1. The van der Waals surface area contributed by atoms with Gasteiger partial charge in [0.2, 0.25) is 15.9 Å². The Morgan fingerprint density at radius 1 is 1.00 bits per heavy atom. The van der Waals surface area contributed by atoms with Gasteiger partial charge in [0.25, 0.3) is 0 Å². The summed E-state index contributed by atoms with van der Waals surface area (Å²) in [6.07, 6.45) is 0.117. The summed E-state index contributed by atoms with van der Waals surface area (Å²) in [5, 5.41) is 0. The van der Waals surface area contributed by atoms with Crippen LogP contribution in [0.5, 0.6) is 11.5 Å². The summed E-state index contributed by atoms with van der Waals surface area (Å²) < 4.78 is 44.5. The van der Waals surface area contributed by atoms with E-state index in [0.29, 0.717) is 22.6 Å². The molecule has 2 heterocycles. The van der Waals surface area contributed by atoms with Crippen molar-refractivity contribution in [3.05, 3.63) is 53.0 Å². The molecule has 0 aliphatic carbocycles. The Kier molecular flexibility index (Phi) is 6.43. The lowest BCUT2D eigenvalue weighted by Crippen LogP contribution is -2.50. The third kappa shape index (κ3) is 4.46. The second kappa shape index (κ2) is 9.28. The highest BCUT2D eigenvalue weighted by Gasteiger charge is 2.30. The number of piperazine rings is 1. The quantitative estimate of drug-likeness (QED) is 0.510. The zero-order valence-corrected chi connectivity index (χ0v) is 19.2. The highest BCUT2D eigenvalue weighted by molar-refractivity contribution is 7.89. The van der Waals surface area contributed by atoms with Crippen molar-refractivity contribution in [3.8, 4) is 11.5 Å². The molecule has 3 aromatic rings. The summed E-state index contributed by atoms with van der Waals surface area (Å²) in [7, 11) is -0.821. The summed E-state index contributed by atoms with van der Waals surface area (Å²) in [5.41, 5.74) is 1.12. The average molecular weight is 476 g/mol. The number of nitrogens with zero attached hydrogens (tertiary/aromatic N) is 3. The van der Waals surface area contributed by atoms with E-state index in [2.05, 4.69) is 0 Å². The molecule has 1 fully saturated rings. The van der Waals surface area contributed by atoms with Crippen LogP contribution in [0.4, 0.5) is 0 Å². The Labute approximate surface area is 191 Å².